The number of rotatable bonds is 4. The van der Waals surface area contributed by atoms with Crippen molar-refractivity contribution in [2.45, 2.75) is 19.9 Å². The number of carbonyl (C=O) groups excluding carboxylic acids is 1. The van der Waals surface area contributed by atoms with E-state index in [0.717, 1.165) is 10.4 Å². The lowest BCUT2D eigenvalue weighted by Crippen LogP contribution is -2.07. The van der Waals surface area contributed by atoms with Crippen molar-refractivity contribution in [3.8, 4) is 10.4 Å². The summed E-state index contributed by atoms with van der Waals surface area (Å²) < 4.78 is 16.2. The van der Waals surface area contributed by atoms with Crippen LogP contribution in [0.25, 0.3) is 21.5 Å². The number of nitrogens with zero attached hydrogens (tertiary/aromatic N) is 2. The smallest absolute Gasteiger partial charge is 0.167 e. The summed E-state index contributed by atoms with van der Waals surface area (Å²) in [5, 5.41) is 0. The molecule has 0 amide bonds. The molecule has 6 heteroatoms. The van der Waals surface area contributed by atoms with E-state index in [4.69, 9.17) is 11.6 Å². The fraction of sp³-hybridized carbons (Fsp3) is 0.200. The van der Waals surface area contributed by atoms with Crippen molar-refractivity contribution in [3.63, 3.8) is 0 Å². The predicted molar refractivity (Wildman–Crippen MR) is 83.3 cm³/mol. The number of hydrogen-bond acceptors (Lipinski definition) is 3. The summed E-state index contributed by atoms with van der Waals surface area (Å²) in [6.45, 7) is 1.95. The normalized spacial score (nSPS) is 11.2. The van der Waals surface area contributed by atoms with E-state index < -0.39 is 5.82 Å². The molecule has 3 aromatic rings. The first-order chi connectivity index (χ1) is 10.1. The zero-order valence-electron chi connectivity index (χ0n) is 11.3. The predicted octanol–water partition coefficient (Wildman–Crippen LogP) is 4.54. The van der Waals surface area contributed by atoms with Crippen LogP contribution < -0.4 is 0 Å². The molecule has 0 saturated carbocycles. The molecule has 0 aliphatic heterocycles. The van der Waals surface area contributed by atoms with Crippen LogP contribution >= 0.6 is 22.9 Å². The van der Waals surface area contributed by atoms with Gasteiger partial charge in [0.1, 0.15) is 5.52 Å². The summed E-state index contributed by atoms with van der Waals surface area (Å²) in [5.41, 5.74) is 1.77. The van der Waals surface area contributed by atoms with Crippen LogP contribution in [0.4, 0.5) is 4.39 Å². The van der Waals surface area contributed by atoms with Gasteiger partial charge in [-0.05, 0) is 18.2 Å². The van der Waals surface area contributed by atoms with Crippen molar-refractivity contribution in [2.24, 2.45) is 0 Å². The van der Waals surface area contributed by atoms with E-state index in [1.807, 2.05) is 18.2 Å². The van der Waals surface area contributed by atoms with Crippen molar-refractivity contribution in [2.75, 3.05) is 0 Å². The van der Waals surface area contributed by atoms with Gasteiger partial charge in [-0.3, -0.25) is 9.78 Å². The third kappa shape index (κ3) is 2.71. The first-order valence-corrected chi connectivity index (χ1v) is 7.69. The first-order valence-electron chi connectivity index (χ1n) is 6.50. The molecule has 0 unspecified atom stereocenters. The van der Waals surface area contributed by atoms with Crippen LogP contribution in [0.1, 0.15) is 13.3 Å². The number of fused-ring (bicyclic) bond motifs is 1. The van der Waals surface area contributed by atoms with Crippen molar-refractivity contribution < 1.29 is 9.18 Å². The monoisotopic (exact) mass is 322 g/mol. The molecular formula is C15H12ClFN2OS. The molecular weight excluding hydrogens is 311 g/mol. The van der Waals surface area contributed by atoms with Crippen molar-refractivity contribution in [1.29, 1.82) is 0 Å². The first kappa shape index (κ1) is 14.2. The third-order valence-electron chi connectivity index (χ3n) is 3.27. The van der Waals surface area contributed by atoms with Gasteiger partial charge in [0.2, 0.25) is 0 Å². The molecule has 3 nitrogen and oxygen atoms in total. The van der Waals surface area contributed by atoms with E-state index in [-0.39, 0.29) is 17.8 Å². The van der Waals surface area contributed by atoms with Gasteiger partial charge in [0.05, 0.1) is 16.4 Å². The highest BCUT2D eigenvalue weighted by Gasteiger charge is 2.13. The molecule has 0 spiro atoms. The van der Waals surface area contributed by atoms with Crippen LogP contribution in [0.2, 0.25) is 4.34 Å². The number of halogens is 2. The van der Waals surface area contributed by atoms with E-state index in [1.54, 1.807) is 17.7 Å². The zero-order chi connectivity index (χ0) is 15.0. The van der Waals surface area contributed by atoms with Crippen LogP contribution in [0.3, 0.4) is 0 Å². The Balaban J connectivity index is 2.10. The highest BCUT2D eigenvalue weighted by Crippen LogP contribution is 2.32. The molecule has 21 heavy (non-hydrogen) atoms. The average molecular weight is 323 g/mol. The molecule has 0 atom stereocenters. The summed E-state index contributed by atoms with van der Waals surface area (Å²) in [6, 6.07) is 5.55. The molecule has 0 radical (unpaired) electrons. The molecule has 3 aromatic heterocycles. The molecule has 3 rings (SSSR count). The van der Waals surface area contributed by atoms with E-state index in [0.29, 0.717) is 16.3 Å². The molecule has 0 aromatic carbocycles. The Morgan fingerprint density at radius 3 is 2.95 bits per heavy atom. The fourth-order valence-corrected chi connectivity index (χ4v) is 3.18. The molecule has 0 aliphatic carbocycles. The number of pyridine rings is 1. The van der Waals surface area contributed by atoms with Crippen LogP contribution in [-0.2, 0) is 11.3 Å². The number of hydrogen-bond donors (Lipinski definition) is 0. The standard InChI is InChI=1S/C15H12ClFN2OS/c1-2-10(20)7-19-8-11(17)15-12(19)5-9(6-18-15)13-3-4-14(16)21-13/h3-6,8H,2,7H2,1H3. The maximum atomic E-state index is 13.9. The van der Waals surface area contributed by atoms with Crippen molar-refractivity contribution in [1.82, 2.24) is 9.55 Å². The Hall–Kier alpha value is -1.72. The number of carbonyl (C=O) groups is 1. The molecule has 0 N–H and O–H groups in total. The molecule has 0 aliphatic rings. The quantitative estimate of drug-likeness (QED) is 0.707. The number of thiophene rings is 1. The lowest BCUT2D eigenvalue weighted by Gasteiger charge is -2.04. The molecule has 108 valence electrons. The van der Waals surface area contributed by atoms with Gasteiger partial charge in [-0.25, -0.2) is 4.39 Å². The lowest BCUT2D eigenvalue weighted by atomic mass is 10.2. The van der Waals surface area contributed by atoms with Crippen LogP contribution in [0, 0.1) is 5.82 Å². The number of aromatic nitrogens is 2. The van der Waals surface area contributed by atoms with Crippen molar-refractivity contribution >= 4 is 39.8 Å². The van der Waals surface area contributed by atoms with Gasteiger partial charge < -0.3 is 4.57 Å². The molecule has 0 saturated heterocycles. The summed E-state index contributed by atoms with van der Waals surface area (Å²) in [6.07, 6.45) is 3.38. The second-order valence-corrected chi connectivity index (χ2v) is 6.41. The molecule has 0 fully saturated rings. The maximum Gasteiger partial charge on any atom is 0.167 e. The van der Waals surface area contributed by atoms with Crippen LogP contribution in [-0.4, -0.2) is 15.3 Å². The highest BCUT2D eigenvalue weighted by atomic mass is 35.5. The maximum absolute atomic E-state index is 13.9. The Morgan fingerprint density at radius 2 is 2.29 bits per heavy atom. The second kappa shape index (κ2) is 5.58. The Bertz CT molecular complexity index is 824. The van der Waals surface area contributed by atoms with Gasteiger partial charge in [-0.1, -0.05) is 18.5 Å². The van der Waals surface area contributed by atoms with E-state index in [1.165, 1.54) is 17.5 Å². The van der Waals surface area contributed by atoms with Gasteiger partial charge in [-0.2, -0.15) is 0 Å². The Morgan fingerprint density at radius 1 is 1.48 bits per heavy atom. The second-order valence-electron chi connectivity index (χ2n) is 4.69. The zero-order valence-corrected chi connectivity index (χ0v) is 12.8. The number of ketones is 1. The summed E-state index contributed by atoms with van der Waals surface area (Å²) in [5.74, 6) is -0.360. The topological polar surface area (TPSA) is 34.9 Å². The largest absolute Gasteiger partial charge is 0.336 e. The SMILES string of the molecule is CCC(=O)Cn1cc(F)c2ncc(-c3ccc(Cl)s3)cc21. The Labute approximate surface area is 130 Å². The summed E-state index contributed by atoms with van der Waals surface area (Å²) >= 11 is 7.38. The fourth-order valence-electron chi connectivity index (χ4n) is 2.16. The molecule has 0 bridgehead atoms. The van der Waals surface area contributed by atoms with Gasteiger partial charge >= 0.3 is 0 Å². The van der Waals surface area contributed by atoms with E-state index >= 15 is 0 Å². The van der Waals surface area contributed by atoms with Gasteiger partial charge in [0.25, 0.3) is 0 Å². The minimum atomic E-state index is -0.412. The van der Waals surface area contributed by atoms with E-state index in [2.05, 4.69) is 4.98 Å². The molecule has 3 heterocycles. The average Bonchev–Trinajstić information content (AvgIpc) is 3.03. The highest BCUT2D eigenvalue weighted by molar-refractivity contribution is 7.19. The minimum absolute atomic E-state index is 0.0523. The number of Topliss-reactive ketones (excluding diaryl/α,β-unsaturated/α-hetero) is 1. The van der Waals surface area contributed by atoms with Crippen LogP contribution in [0.15, 0.2) is 30.6 Å². The van der Waals surface area contributed by atoms with Crippen LogP contribution in [0.5, 0.6) is 0 Å². The van der Waals surface area contributed by atoms with Crippen molar-refractivity contribution in [3.05, 3.63) is 40.7 Å². The van der Waals surface area contributed by atoms with Gasteiger partial charge in [-0.15, -0.1) is 11.3 Å². The minimum Gasteiger partial charge on any atom is -0.336 e. The van der Waals surface area contributed by atoms with E-state index in [9.17, 15) is 9.18 Å². The lowest BCUT2D eigenvalue weighted by molar-refractivity contribution is -0.119. The summed E-state index contributed by atoms with van der Waals surface area (Å²) in [7, 11) is 0. The van der Waals surface area contributed by atoms with Gasteiger partial charge in [0.15, 0.2) is 11.6 Å². The summed E-state index contributed by atoms with van der Waals surface area (Å²) in [4.78, 5) is 16.8. The Kier molecular flexibility index (Phi) is 3.78. The van der Waals surface area contributed by atoms with Gasteiger partial charge in [0, 0.05) is 29.3 Å². The third-order valence-corrected chi connectivity index (χ3v) is 4.55.